The molecule has 0 amide bonds. The van der Waals surface area contributed by atoms with Crippen LogP contribution in [0.4, 0.5) is 0 Å². The largest absolute Gasteiger partial charge is 0.323 e. The number of thiazole rings is 1. The molecule has 0 aromatic carbocycles. The quantitative estimate of drug-likeness (QED) is 0.846. The molecule has 0 aliphatic heterocycles. The van der Waals surface area contributed by atoms with Gasteiger partial charge in [0.05, 0.1) is 10.8 Å². The van der Waals surface area contributed by atoms with Crippen molar-refractivity contribution in [2.45, 2.75) is 32.7 Å². The third kappa shape index (κ3) is 4.19. The molecule has 16 heavy (non-hydrogen) atoms. The fraction of sp³-hybridized carbons (Fsp3) is 0.700. The first-order valence-electron chi connectivity index (χ1n) is 5.33. The predicted molar refractivity (Wildman–Crippen MR) is 67.3 cm³/mol. The normalized spacial score (nSPS) is 13.9. The summed E-state index contributed by atoms with van der Waals surface area (Å²) >= 11 is 1.57. The zero-order valence-corrected chi connectivity index (χ0v) is 11.3. The van der Waals surface area contributed by atoms with Crippen molar-refractivity contribution < 1.29 is 8.42 Å². The maximum Gasteiger partial charge on any atom is 0.150 e. The smallest absolute Gasteiger partial charge is 0.150 e. The van der Waals surface area contributed by atoms with E-state index in [0.717, 1.165) is 9.88 Å². The Morgan fingerprint density at radius 3 is 2.75 bits per heavy atom. The monoisotopic (exact) mass is 262 g/mol. The number of hydrogen-bond acceptors (Lipinski definition) is 5. The SMILES string of the molecule is CCS(=O)(=O)CCCC(N)c1cnc(C)s1. The van der Waals surface area contributed by atoms with Gasteiger partial charge in [0, 0.05) is 22.9 Å². The van der Waals surface area contributed by atoms with Gasteiger partial charge in [0.15, 0.2) is 0 Å². The minimum absolute atomic E-state index is 0.0849. The topological polar surface area (TPSA) is 73.0 Å². The molecule has 0 aliphatic rings. The lowest BCUT2D eigenvalue weighted by Gasteiger charge is -2.08. The van der Waals surface area contributed by atoms with Gasteiger partial charge in [-0.25, -0.2) is 13.4 Å². The zero-order valence-electron chi connectivity index (χ0n) is 9.64. The summed E-state index contributed by atoms with van der Waals surface area (Å²) in [7, 11) is -2.86. The Labute approximate surface area is 101 Å². The molecule has 1 unspecified atom stereocenters. The first kappa shape index (κ1) is 13.6. The van der Waals surface area contributed by atoms with Crippen LogP contribution in [0, 0.1) is 6.92 Å². The summed E-state index contributed by atoms with van der Waals surface area (Å²) in [4.78, 5) is 5.16. The lowest BCUT2D eigenvalue weighted by Crippen LogP contribution is -2.13. The van der Waals surface area contributed by atoms with Crippen LogP contribution in [0.15, 0.2) is 6.20 Å². The molecular formula is C10H18N2O2S2. The second-order valence-electron chi connectivity index (χ2n) is 3.77. The van der Waals surface area contributed by atoms with Crippen molar-refractivity contribution in [1.29, 1.82) is 0 Å². The van der Waals surface area contributed by atoms with Crippen LogP contribution in [0.25, 0.3) is 0 Å². The van der Waals surface area contributed by atoms with E-state index in [1.807, 2.05) is 6.92 Å². The maximum atomic E-state index is 11.3. The van der Waals surface area contributed by atoms with E-state index < -0.39 is 9.84 Å². The highest BCUT2D eigenvalue weighted by atomic mass is 32.2. The Kier molecular flexibility index (Phi) is 4.89. The van der Waals surface area contributed by atoms with Crippen molar-refractivity contribution in [3.8, 4) is 0 Å². The van der Waals surface area contributed by atoms with E-state index in [0.29, 0.717) is 12.8 Å². The van der Waals surface area contributed by atoms with E-state index in [9.17, 15) is 8.42 Å². The second kappa shape index (κ2) is 5.75. The van der Waals surface area contributed by atoms with Gasteiger partial charge in [0.25, 0.3) is 0 Å². The predicted octanol–water partition coefficient (Wildman–Crippen LogP) is 1.67. The van der Waals surface area contributed by atoms with E-state index in [1.54, 1.807) is 24.5 Å². The minimum atomic E-state index is -2.86. The highest BCUT2D eigenvalue weighted by Gasteiger charge is 2.12. The Morgan fingerprint density at radius 1 is 1.56 bits per heavy atom. The van der Waals surface area contributed by atoms with Crippen molar-refractivity contribution in [2.24, 2.45) is 5.73 Å². The number of aromatic nitrogens is 1. The van der Waals surface area contributed by atoms with Gasteiger partial charge in [-0.05, 0) is 19.8 Å². The van der Waals surface area contributed by atoms with Gasteiger partial charge in [-0.1, -0.05) is 6.92 Å². The van der Waals surface area contributed by atoms with Gasteiger partial charge in [0.1, 0.15) is 9.84 Å². The van der Waals surface area contributed by atoms with Crippen molar-refractivity contribution in [3.63, 3.8) is 0 Å². The molecule has 0 saturated heterocycles. The third-order valence-electron chi connectivity index (χ3n) is 2.41. The molecule has 1 aromatic heterocycles. The number of nitrogens with two attached hydrogens (primary N) is 1. The van der Waals surface area contributed by atoms with Gasteiger partial charge in [-0.2, -0.15) is 0 Å². The molecule has 0 aliphatic carbocycles. The summed E-state index contributed by atoms with van der Waals surface area (Å²) in [5.74, 6) is 0.441. The fourth-order valence-electron chi connectivity index (χ4n) is 1.36. The van der Waals surface area contributed by atoms with Crippen LogP contribution in [0.2, 0.25) is 0 Å². The van der Waals surface area contributed by atoms with Gasteiger partial charge < -0.3 is 5.73 Å². The molecule has 1 atom stereocenters. The van der Waals surface area contributed by atoms with Gasteiger partial charge in [-0.15, -0.1) is 11.3 Å². The molecule has 1 heterocycles. The summed E-state index contributed by atoms with van der Waals surface area (Å²) in [6.45, 7) is 3.60. The average Bonchev–Trinajstić information content (AvgIpc) is 2.64. The molecule has 1 rings (SSSR count). The number of rotatable bonds is 6. The Balaban J connectivity index is 2.39. The first-order valence-corrected chi connectivity index (χ1v) is 7.96. The molecule has 0 saturated carbocycles. The van der Waals surface area contributed by atoms with E-state index in [-0.39, 0.29) is 17.5 Å². The van der Waals surface area contributed by atoms with Crippen LogP contribution < -0.4 is 5.73 Å². The molecule has 4 nitrogen and oxygen atoms in total. The summed E-state index contributed by atoms with van der Waals surface area (Å²) in [6, 6.07) is -0.0849. The third-order valence-corrected chi connectivity index (χ3v) is 5.25. The van der Waals surface area contributed by atoms with E-state index in [1.165, 1.54) is 0 Å². The molecule has 92 valence electrons. The van der Waals surface area contributed by atoms with Crippen molar-refractivity contribution >= 4 is 21.2 Å². The highest BCUT2D eigenvalue weighted by Crippen LogP contribution is 2.22. The standard InChI is InChI=1S/C10H18N2O2S2/c1-3-16(13,14)6-4-5-9(11)10-7-12-8(2)15-10/h7,9H,3-6,11H2,1-2H3. The number of sulfone groups is 1. The van der Waals surface area contributed by atoms with E-state index in [2.05, 4.69) is 4.98 Å². The Morgan fingerprint density at radius 2 is 2.25 bits per heavy atom. The molecule has 0 bridgehead atoms. The average molecular weight is 262 g/mol. The van der Waals surface area contributed by atoms with Crippen molar-refractivity contribution in [3.05, 3.63) is 16.1 Å². The summed E-state index contributed by atoms with van der Waals surface area (Å²) in [5, 5.41) is 0.992. The number of aryl methyl sites for hydroxylation is 1. The van der Waals surface area contributed by atoms with Crippen LogP contribution >= 0.6 is 11.3 Å². The molecular weight excluding hydrogens is 244 g/mol. The second-order valence-corrected chi connectivity index (χ2v) is 7.51. The minimum Gasteiger partial charge on any atom is -0.323 e. The van der Waals surface area contributed by atoms with Gasteiger partial charge in [-0.3, -0.25) is 0 Å². The van der Waals surface area contributed by atoms with Crippen LogP contribution in [0.3, 0.4) is 0 Å². The summed E-state index contributed by atoms with van der Waals surface area (Å²) in [6.07, 6.45) is 3.09. The molecule has 6 heteroatoms. The summed E-state index contributed by atoms with van der Waals surface area (Å²) < 4.78 is 22.5. The van der Waals surface area contributed by atoms with Crippen molar-refractivity contribution in [1.82, 2.24) is 4.98 Å². The first-order chi connectivity index (χ1) is 7.44. The molecule has 0 fully saturated rings. The number of nitrogens with zero attached hydrogens (tertiary/aromatic N) is 1. The maximum absolute atomic E-state index is 11.3. The van der Waals surface area contributed by atoms with Gasteiger partial charge in [0.2, 0.25) is 0 Å². The number of hydrogen-bond donors (Lipinski definition) is 1. The Bertz CT molecular complexity index is 426. The van der Waals surface area contributed by atoms with Crippen LogP contribution in [-0.4, -0.2) is 24.9 Å². The molecule has 2 N–H and O–H groups in total. The van der Waals surface area contributed by atoms with E-state index in [4.69, 9.17) is 5.73 Å². The molecule has 0 radical (unpaired) electrons. The van der Waals surface area contributed by atoms with Crippen LogP contribution in [0.1, 0.15) is 35.7 Å². The zero-order chi connectivity index (χ0) is 12.2. The lowest BCUT2D eigenvalue weighted by molar-refractivity contribution is 0.585. The summed E-state index contributed by atoms with van der Waals surface area (Å²) in [5.41, 5.74) is 5.95. The Hall–Kier alpha value is -0.460. The fourth-order valence-corrected chi connectivity index (χ4v) is 3.08. The van der Waals surface area contributed by atoms with Crippen molar-refractivity contribution in [2.75, 3.05) is 11.5 Å². The highest BCUT2D eigenvalue weighted by molar-refractivity contribution is 7.91. The van der Waals surface area contributed by atoms with E-state index >= 15 is 0 Å². The van der Waals surface area contributed by atoms with Gasteiger partial charge >= 0.3 is 0 Å². The van der Waals surface area contributed by atoms with Crippen LogP contribution in [0.5, 0.6) is 0 Å². The lowest BCUT2D eigenvalue weighted by atomic mass is 10.1. The molecule has 0 spiro atoms. The van der Waals surface area contributed by atoms with Crippen LogP contribution in [-0.2, 0) is 9.84 Å². The molecule has 1 aromatic rings.